The molecule has 3 aromatic carbocycles. The Kier molecular flexibility index (Phi) is 5.41. The number of ether oxygens (including phenoxy) is 2. The summed E-state index contributed by atoms with van der Waals surface area (Å²) >= 11 is 0. The Labute approximate surface area is 167 Å². The lowest BCUT2D eigenvalue weighted by Gasteiger charge is -2.10. The zero-order valence-corrected chi connectivity index (χ0v) is 15.8. The number of hydrogen-bond acceptors (Lipinski definition) is 2. The second kappa shape index (κ2) is 8.13. The van der Waals surface area contributed by atoms with E-state index in [0.29, 0.717) is 23.5 Å². The minimum Gasteiger partial charge on any atom is -0.489 e. The first-order valence-electron chi connectivity index (χ1n) is 9.30. The second-order valence-corrected chi connectivity index (χ2v) is 6.82. The van der Waals surface area contributed by atoms with Crippen LogP contribution < -0.4 is 4.74 Å². The SMILES string of the molecule is C/C=C/c1ccc(COc2ccc(-c3ccc(C4CO4)c(F)c3F)cc2)c(F)c1. The van der Waals surface area contributed by atoms with E-state index in [4.69, 9.17) is 9.47 Å². The van der Waals surface area contributed by atoms with Gasteiger partial charge in [-0.15, -0.1) is 0 Å². The molecule has 1 heterocycles. The molecule has 1 atom stereocenters. The molecule has 3 aromatic rings. The Balaban J connectivity index is 1.47. The maximum Gasteiger partial charge on any atom is 0.167 e. The summed E-state index contributed by atoms with van der Waals surface area (Å²) in [5.41, 5.74) is 2.16. The van der Waals surface area contributed by atoms with Crippen LogP contribution in [0.3, 0.4) is 0 Å². The number of epoxide rings is 1. The maximum atomic E-state index is 14.4. The molecule has 0 bridgehead atoms. The van der Waals surface area contributed by atoms with Crippen LogP contribution in [0.1, 0.15) is 29.7 Å². The highest BCUT2D eigenvalue weighted by atomic mass is 19.2. The molecule has 0 amide bonds. The van der Waals surface area contributed by atoms with E-state index in [2.05, 4.69) is 0 Å². The fourth-order valence-corrected chi connectivity index (χ4v) is 3.13. The summed E-state index contributed by atoms with van der Waals surface area (Å²) in [7, 11) is 0. The van der Waals surface area contributed by atoms with E-state index in [1.165, 1.54) is 6.07 Å². The maximum absolute atomic E-state index is 14.4. The number of halogens is 3. The predicted octanol–water partition coefficient (Wildman–Crippen LogP) is 6.45. The van der Waals surface area contributed by atoms with Crippen LogP contribution in [0.5, 0.6) is 5.75 Å². The molecule has 0 N–H and O–H groups in total. The molecular formula is C24H19F3O2. The Bertz CT molecular complexity index is 1050. The first kappa shape index (κ1) is 19.3. The van der Waals surface area contributed by atoms with Crippen LogP contribution in [0.25, 0.3) is 17.2 Å². The highest BCUT2D eigenvalue weighted by Crippen LogP contribution is 2.36. The van der Waals surface area contributed by atoms with Crippen molar-refractivity contribution in [2.24, 2.45) is 0 Å². The van der Waals surface area contributed by atoms with Crippen LogP contribution >= 0.6 is 0 Å². The van der Waals surface area contributed by atoms with Crippen LogP contribution in [0.4, 0.5) is 13.2 Å². The average Bonchev–Trinajstić information content (AvgIpc) is 3.55. The summed E-state index contributed by atoms with van der Waals surface area (Å²) in [6.07, 6.45) is 3.31. The monoisotopic (exact) mass is 396 g/mol. The molecular weight excluding hydrogens is 377 g/mol. The van der Waals surface area contributed by atoms with Crippen LogP contribution in [0.2, 0.25) is 0 Å². The van der Waals surface area contributed by atoms with Gasteiger partial charge in [0.1, 0.15) is 24.3 Å². The fraction of sp³-hybridized carbons (Fsp3) is 0.167. The minimum absolute atomic E-state index is 0.0698. The van der Waals surface area contributed by atoms with E-state index in [0.717, 1.165) is 5.56 Å². The lowest BCUT2D eigenvalue weighted by Crippen LogP contribution is -1.99. The standard InChI is InChI=1S/C24H19F3O2/c1-2-3-15-4-5-17(21(25)12-15)13-28-18-8-6-16(7-9-18)19-10-11-20(22-14-29-22)24(27)23(19)26/h2-12,22H,13-14H2,1H3/b3-2+. The van der Waals surface area contributed by atoms with Gasteiger partial charge in [0.15, 0.2) is 11.6 Å². The van der Waals surface area contributed by atoms with Gasteiger partial charge in [0, 0.05) is 16.7 Å². The van der Waals surface area contributed by atoms with Gasteiger partial charge in [-0.05, 0) is 36.2 Å². The van der Waals surface area contributed by atoms with Gasteiger partial charge in [-0.1, -0.05) is 48.6 Å². The van der Waals surface area contributed by atoms with Crippen molar-refractivity contribution in [2.45, 2.75) is 19.6 Å². The second-order valence-electron chi connectivity index (χ2n) is 6.82. The molecule has 0 aliphatic carbocycles. The third-order valence-electron chi connectivity index (χ3n) is 4.79. The van der Waals surface area contributed by atoms with Crippen molar-refractivity contribution in [1.29, 1.82) is 0 Å². The summed E-state index contributed by atoms with van der Waals surface area (Å²) in [6, 6.07) is 14.6. The Hall–Kier alpha value is -3.05. The highest BCUT2D eigenvalue weighted by Gasteiger charge is 2.30. The molecule has 1 aliphatic rings. The molecule has 0 spiro atoms. The molecule has 4 rings (SSSR count). The topological polar surface area (TPSA) is 21.8 Å². The molecule has 148 valence electrons. The normalized spacial score (nSPS) is 15.7. The summed E-state index contributed by atoms with van der Waals surface area (Å²) in [5.74, 6) is -1.60. The molecule has 29 heavy (non-hydrogen) atoms. The lowest BCUT2D eigenvalue weighted by atomic mass is 10.0. The molecule has 0 saturated carbocycles. The average molecular weight is 396 g/mol. The first-order valence-corrected chi connectivity index (χ1v) is 9.30. The molecule has 1 saturated heterocycles. The third-order valence-corrected chi connectivity index (χ3v) is 4.79. The number of allylic oxidation sites excluding steroid dienone is 1. The first-order chi connectivity index (χ1) is 14.1. The largest absolute Gasteiger partial charge is 0.489 e. The zero-order chi connectivity index (χ0) is 20.4. The number of rotatable bonds is 6. The van der Waals surface area contributed by atoms with Crippen LogP contribution in [0, 0.1) is 17.5 Å². The van der Waals surface area contributed by atoms with E-state index < -0.39 is 11.6 Å². The van der Waals surface area contributed by atoms with E-state index in [-0.39, 0.29) is 29.7 Å². The van der Waals surface area contributed by atoms with Gasteiger partial charge in [0.05, 0.1) is 6.61 Å². The lowest BCUT2D eigenvalue weighted by molar-refractivity contribution is 0.300. The highest BCUT2D eigenvalue weighted by molar-refractivity contribution is 5.65. The van der Waals surface area contributed by atoms with Crippen LogP contribution in [-0.4, -0.2) is 6.61 Å². The summed E-state index contributed by atoms with van der Waals surface area (Å²) in [5, 5.41) is 0. The van der Waals surface area contributed by atoms with Crippen LogP contribution in [0.15, 0.2) is 60.7 Å². The van der Waals surface area contributed by atoms with E-state index in [1.54, 1.807) is 42.5 Å². The Morgan fingerprint density at radius 1 is 1.00 bits per heavy atom. The third kappa shape index (κ3) is 4.20. The molecule has 1 unspecified atom stereocenters. The Morgan fingerprint density at radius 3 is 2.41 bits per heavy atom. The van der Waals surface area contributed by atoms with Gasteiger partial charge in [-0.25, -0.2) is 13.2 Å². The smallest absolute Gasteiger partial charge is 0.167 e. The van der Waals surface area contributed by atoms with Crippen molar-refractivity contribution in [3.8, 4) is 16.9 Å². The van der Waals surface area contributed by atoms with Crippen molar-refractivity contribution in [2.75, 3.05) is 6.61 Å². The van der Waals surface area contributed by atoms with Gasteiger partial charge in [0.2, 0.25) is 0 Å². The van der Waals surface area contributed by atoms with Gasteiger partial charge in [-0.2, -0.15) is 0 Å². The molecule has 0 radical (unpaired) electrons. The van der Waals surface area contributed by atoms with E-state index in [1.807, 2.05) is 25.1 Å². The number of benzene rings is 3. The Morgan fingerprint density at radius 2 is 1.76 bits per heavy atom. The van der Waals surface area contributed by atoms with Crippen molar-refractivity contribution in [1.82, 2.24) is 0 Å². The summed E-state index contributed by atoms with van der Waals surface area (Å²) < 4.78 is 53.5. The molecule has 1 aliphatic heterocycles. The van der Waals surface area contributed by atoms with Crippen LogP contribution in [-0.2, 0) is 11.3 Å². The fourth-order valence-electron chi connectivity index (χ4n) is 3.13. The van der Waals surface area contributed by atoms with Crippen molar-refractivity contribution in [3.05, 3.63) is 94.8 Å². The molecule has 0 aromatic heterocycles. The molecule has 5 heteroatoms. The van der Waals surface area contributed by atoms with Gasteiger partial charge >= 0.3 is 0 Å². The zero-order valence-electron chi connectivity index (χ0n) is 15.8. The quantitative estimate of drug-likeness (QED) is 0.446. The van der Waals surface area contributed by atoms with Crippen molar-refractivity contribution in [3.63, 3.8) is 0 Å². The van der Waals surface area contributed by atoms with Gasteiger partial charge < -0.3 is 9.47 Å². The molecule has 2 nitrogen and oxygen atoms in total. The van der Waals surface area contributed by atoms with Crippen molar-refractivity contribution < 1.29 is 22.6 Å². The van der Waals surface area contributed by atoms with E-state index >= 15 is 0 Å². The minimum atomic E-state index is -0.894. The van der Waals surface area contributed by atoms with E-state index in [9.17, 15) is 13.2 Å². The van der Waals surface area contributed by atoms with Crippen molar-refractivity contribution >= 4 is 6.08 Å². The summed E-state index contributed by atoms with van der Waals surface area (Å²) in [4.78, 5) is 0. The predicted molar refractivity (Wildman–Crippen MR) is 106 cm³/mol. The molecule has 1 fully saturated rings. The van der Waals surface area contributed by atoms with Gasteiger partial charge in [0.25, 0.3) is 0 Å². The summed E-state index contributed by atoms with van der Waals surface area (Å²) in [6.45, 7) is 2.36. The number of hydrogen-bond donors (Lipinski definition) is 0. The van der Waals surface area contributed by atoms with Gasteiger partial charge in [-0.3, -0.25) is 0 Å².